The standard InChI is InChI=1S/C26H22N2O2S2/c1-17-6-7-18(2)21(11-17)15-30-23-9-8-19(13-24(23)29-3)12-20(14-27)26-28-22(16-32-26)25-5-4-10-31-25/h4-13,16H,15H2,1-3H3/b20-12-. The SMILES string of the molecule is COc1cc(/C=C(/C#N)c2nc(-c3cccs3)cs2)ccc1OCc1cc(C)ccc1C. The first-order valence-electron chi connectivity index (χ1n) is 10.1. The molecule has 4 aromatic rings. The highest BCUT2D eigenvalue weighted by Gasteiger charge is 2.11. The third-order valence-electron chi connectivity index (χ3n) is 5.02. The zero-order valence-corrected chi connectivity index (χ0v) is 19.7. The Kier molecular flexibility index (Phi) is 6.69. The van der Waals surface area contributed by atoms with Crippen molar-refractivity contribution in [3.05, 3.63) is 86.6 Å². The minimum Gasteiger partial charge on any atom is -0.493 e. The first-order valence-corrected chi connectivity index (χ1v) is 11.8. The second-order valence-electron chi connectivity index (χ2n) is 7.31. The Morgan fingerprint density at radius 3 is 2.72 bits per heavy atom. The number of benzene rings is 2. The fourth-order valence-corrected chi connectivity index (χ4v) is 4.79. The van der Waals surface area contributed by atoms with E-state index in [0.717, 1.165) is 21.7 Å². The van der Waals surface area contributed by atoms with Crippen LogP contribution < -0.4 is 9.47 Å². The molecule has 0 radical (unpaired) electrons. The lowest BCUT2D eigenvalue weighted by Crippen LogP contribution is -2.00. The van der Waals surface area contributed by atoms with Crippen molar-refractivity contribution >= 4 is 34.3 Å². The third kappa shape index (κ3) is 4.91. The molecule has 0 saturated carbocycles. The van der Waals surface area contributed by atoms with Gasteiger partial charge in [0.2, 0.25) is 0 Å². The van der Waals surface area contributed by atoms with Crippen LogP contribution in [-0.2, 0) is 6.61 Å². The molecule has 0 fully saturated rings. The van der Waals surface area contributed by atoms with Gasteiger partial charge in [-0.2, -0.15) is 5.26 Å². The van der Waals surface area contributed by atoms with Gasteiger partial charge in [-0.05, 0) is 60.2 Å². The number of nitriles is 1. The number of rotatable bonds is 7. The number of thiophene rings is 1. The van der Waals surface area contributed by atoms with E-state index in [1.165, 1.54) is 22.5 Å². The average Bonchev–Trinajstić information content (AvgIpc) is 3.50. The van der Waals surface area contributed by atoms with Crippen molar-refractivity contribution in [1.82, 2.24) is 4.98 Å². The lowest BCUT2D eigenvalue weighted by atomic mass is 10.1. The monoisotopic (exact) mass is 458 g/mol. The number of ether oxygens (including phenoxy) is 2. The van der Waals surface area contributed by atoms with Crippen molar-refractivity contribution in [2.24, 2.45) is 0 Å². The van der Waals surface area contributed by atoms with Crippen LogP contribution >= 0.6 is 22.7 Å². The topological polar surface area (TPSA) is 55.1 Å². The summed E-state index contributed by atoms with van der Waals surface area (Å²) in [7, 11) is 1.62. The molecule has 0 bridgehead atoms. The zero-order chi connectivity index (χ0) is 22.5. The summed E-state index contributed by atoms with van der Waals surface area (Å²) in [5.41, 5.74) is 5.81. The molecule has 0 aliphatic heterocycles. The number of hydrogen-bond acceptors (Lipinski definition) is 6. The molecule has 2 heterocycles. The van der Waals surface area contributed by atoms with Gasteiger partial charge in [0.25, 0.3) is 0 Å². The van der Waals surface area contributed by atoms with E-state index in [9.17, 15) is 5.26 Å². The van der Waals surface area contributed by atoms with Crippen LogP contribution in [0, 0.1) is 25.2 Å². The Morgan fingerprint density at radius 2 is 1.97 bits per heavy atom. The first-order chi connectivity index (χ1) is 15.6. The lowest BCUT2D eigenvalue weighted by Gasteiger charge is -2.13. The van der Waals surface area contributed by atoms with E-state index >= 15 is 0 Å². The average molecular weight is 459 g/mol. The number of allylic oxidation sites excluding steroid dienone is 1. The van der Waals surface area contributed by atoms with E-state index in [4.69, 9.17) is 9.47 Å². The molecular weight excluding hydrogens is 436 g/mol. The minimum atomic E-state index is 0.465. The number of nitrogens with zero attached hydrogens (tertiary/aromatic N) is 2. The van der Waals surface area contributed by atoms with Crippen molar-refractivity contribution in [3.63, 3.8) is 0 Å². The van der Waals surface area contributed by atoms with Gasteiger partial charge >= 0.3 is 0 Å². The number of aryl methyl sites for hydroxylation is 2. The fourth-order valence-electron chi connectivity index (χ4n) is 3.25. The largest absolute Gasteiger partial charge is 0.493 e. The molecule has 2 aromatic carbocycles. The van der Waals surface area contributed by atoms with E-state index in [1.54, 1.807) is 18.4 Å². The van der Waals surface area contributed by atoms with Gasteiger partial charge in [-0.1, -0.05) is 35.9 Å². The van der Waals surface area contributed by atoms with Crippen LogP contribution in [0.15, 0.2) is 59.3 Å². The summed E-state index contributed by atoms with van der Waals surface area (Å²) in [4.78, 5) is 5.73. The summed E-state index contributed by atoms with van der Waals surface area (Å²) in [6.07, 6.45) is 1.83. The van der Waals surface area contributed by atoms with Crippen molar-refractivity contribution in [2.45, 2.75) is 20.5 Å². The third-order valence-corrected chi connectivity index (χ3v) is 6.78. The first kappa shape index (κ1) is 21.8. The summed E-state index contributed by atoms with van der Waals surface area (Å²) in [6, 6.07) is 18.3. The van der Waals surface area contributed by atoms with Gasteiger partial charge < -0.3 is 9.47 Å². The smallest absolute Gasteiger partial charge is 0.161 e. The van der Waals surface area contributed by atoms with Crippen molar-refractivity contribution < 1.29 is 9.47 Å². The van der Waals surface area contributed by atoms with E-state index in [-0.39, 0.29) is 0 Å². The molecule has 4 rings (SSSR count). The molecule has 4 nitrogen and oxygen atoms in total. The molecule has 0 N–H and O–H groups in total. The van der Waals surface area contributed by atoms with Crippen LogP contribution in [0.25, 0.3) is 22.2 Å². The van der Waals surface area contributed by atoms with Crippen molar-refractivity contribution in [2.75, 3.05) is 7.11 Å². The molecule has 0 atom stereocenters. The molecule has 32 heavy (non-hydrogen) atoms. The van der Waals surface area contributed by atoms with Gasteiger partial charge in [0.15, 0.2) is 11.5 Å². The maximum absolute atomic E-state index is 9.72. The maximum Gasteiger partial charge on any atom is 0.161 e. The van der Waals surface area contributed by atoms with E-state index in [2.05, 4.69) is 43.1 Å². The summed E-state index contributed by atoms with van der Waals surface area (Å²) in [5, 5.41) is 14.4. The molecule has 0 aliphatic rings. The van der Waals surface area contributed by atoms with Gasteiger partial charge in [-0.15, -0.1) is 22.7 Å². The number of hydrogen-bond donors (Lipinski definition) is 0. The van der Waals surface area contributed by atoms with Crippen LogP contribution in [0.4, 0.5) is 0 Å². The predicted molar refractivity (Wildman–Crippen MR) is 132 cm³/mol. The Morgan fingerprint density at radius 1 is 1.09 bits per heavy atom. The van der Waals surface area contributed by atoms with E-state index in [0.29, 0.717) is 28.7 Å². The second kappa shape index (κ2) is 9.82. The summed E-state index contributed by atoms with van der Waals surface area (Å²) < 4.78 is 11.6. The summed E-state index contributed by atoms with van der Waals surface area (Å²) in [6.45, 7) is 4.62. The molecule has 0 amide bonds. The van der Waals surface area contributed by atoms with Crippen LogP contribution in [0.1, 0.15) is 27.3 Å². The predicted octanol–water partition coefficient (Wildman–Crippen LogP) is 7.14. The van der Waals surface area contributed by atoms with Crippen LogP contribution in [0.2, 0.25) is 0 Å². The summed E-state index contributed by atoms with van der Waals surface area (Å²) >= 11 is 3.10. The molecule has 0 spiro atoms. The Balaban J connectivity index is 1.55. The van der Waals surface area contributed by atoms with Crippen LogP contribution in [0.5, 0.6) is 11.5 Å². The molecular formula is C26H22N2O2S2. The van der Waals surface area contributed by atoms with Gasteiger partial charge in [0, 0.05) is 5.38 Å². The quantitative estimate of drug-likeness (QED) is 0.276. The molecule has 0 aliphatic carbocycles. The number of methoxy groups -OCH3 is 1. The van der Waals surface area contributed by atoms with Gasteiger partial charge in [-0.25, -0.2) is 4.98 Å². The van der Waals surface area contributed by atoms with Gasteiger partial charge in [0.1, 0.15) is 17.7 Å². The summed E-state index contributed by atoms with van der Waals surface area (Å²) in [5.74, 6) is 1.29. The number of aromatic nitrogens is 1. The van der Waals surface area contributed by atoms with E-state index in [1.807, 2.05) is 47.2 Å². The highest BCUT2D eigenvalue weighted by molar-refractivity contribution is 7.14. The molecule has 0 saturated heterocycles. The highest BCUT2D eigenvalue weighted by atomic mass is 32.1. The minimum absolute atomic E-state index is 0.465. The van der Waals surface area contributed by atoms with Crippen LogP contribution in [0.3, 0.4) is 0 Å². The second-order valence-corrected chi connectivity index (χ2v) is 9.12. The maximum atomic E-state index is 9.72. The van der Waals surface area contributed by atoms with Gasteiger partial charge in [0.05, 0.1) is 23.3 Å². The van der Waals surface area contributed by atoms with E-state index < -0.39 is 0 Å². The number of thiazole rings is 1. The molecule has 6 heteroatoms. The molecule has 2 aromatic heterocycles. The Bertz CT molecular complexity index is 1300. The Labute approximate surface area is 196 Å². The molecule has 0 unspecified atom stereocenters. The van der Waals surface area contributed by atoms with Gasteiger partial charge in [-0.3, -0.25) is 0 Å². The van der Waals surface area contributed by atoms with Crippen molar-refractivity contribution in [3.8, 4) is 28.1 Å². The highest BCUT2D eigenvalue weighted by Crippen LogP contribution is 2.33. The lowest BCUT2D eigenvalue weighted by molar-refractivity contribution is 0.284. The zero-order valence-electron chi connectivity index (χ0n) is 18.1. The molecule has 160 valence electrons. The Hall–Kier alpha value is -3.40. The van der Waals surface area contributed by atoms with Crippen molar-refractivity contribution in [1.29, 1.82) is 5.26 Å². The fraction of sp³-hybridized carbons (Fsp3) is 0.154. The van der Waals surface area contributed by atoms with Crippen LogP contribution in [-0.4, -0.2) is 12.1 Å². The normalized spacial score (nSPS) is 11.2.